The van der Waals surface area contributed by atoms with Gasteiger partial charge in [0.15, 0.2) is 0 Å². The number of aliphatic hydroxyl groups is 1. The molecule has 0 aliphatic carbocycles. The third-order valence-electron chi connectivity index (χ3n) is 5.76. The van der Waals surface area contributed by atoms with Crippen LogP contribution in [0.15, 0.2) is 24.3 Å². The van der Waals surface area contributed by atoms with Crippen LogP contribution in [0.2, 0.25) is 0 Å². The largest absolute Gasteiger partial charge is 0.494 e. The zero-order valence-electron chi connectivity index (χ0n) is 16.7. The van der Waals surface area contributed by atoms with Crippen LogP contribution in [0.4, 0.5) is 0 Å². The van der Waals surface area contributed by atoms with E-state index in [2.05, 4.69) is 44.7 Å². The molecular weight excluding hydrogens is 329 g/mol. The van der Waals surface area contributed by atoms with Crippen molar-refractivity contribution in [3.63, 3.8) is 0 Å². The van der Waals surface area contributed by atoms with Crippen LogP contribution in [0.5, 0.6) is 0 Å². The highest BCUT2D eigenvalue weighted by Gasteiger charge is 2.51. The number of hydrogen-bond donors (Lipinski definition) is 1. The minimum absolute atomic E-state index is 0.335. The second-order valence-electron chi connectivity index (χ2n) is 8.89. The predicted molar refractivity (Wildman–Crippen MR) is 104 cm³/mol. The summed E-state index contributed by atoms with van der Waals surface area (Å²) in [4.78, 5) is 2.27. The molecule has 2 saturated heterocycles. The monoisotopic (exact) mass is 361 g/mol. The smallest absolute Gasteiger partial charge is 0.399 e. The number of ether oxygens (including phenoxy) is 1. The third kappa shape index (κ3) is 4.49. The summed E-state index contributed by atoms with van der Waals surface area (Å²) in [6.45, 7) is 14.1. The summed E-state index contributed by atoms with van der Waals surface area (Å²) in [6, 6.07) is 8.22. The van der Waals surface area contributed by atoms with E-state index < -0.39 is 5.60 Å². The van der Waals surface area contributed by atoms with Crippen LogP contribution in [0.3, 0.4) is 0 Å². The standard InChI is InChI=1S/C20H32BNO4/c1-18(2)19(3,4)26-21(25-18)17-8-6-16(7-9-17)14-20(5,23)15-22-10-12-24-13-11-22/h6-9,23H,10-15H2,1-5H3. The van der Waals surface area contributed by atoms with Crippen LogP contribution >= 0.6 is 0 Å². The van der Waals surface area contributed by atoms with Gasteiger partial charge in [0.1, 0.15) is 0 Å². The molecule has 0 spiro atoms. The Morgan fingerprint density at radius 1 is 1.04 bits per heavy atom. The van der Waals surface area contributed by atoms with E-state index in [1.54, 1.807) is 0 Å². The second kappa shape index (κ2) is 7.25. The molecule has 2 fully saturated rings. The molecule has 3 rings (SSSR count). The highest BCUT2D eigenvalue weighted by Crippen LogP contribution is 2.36. The first-order valence-corrected chi connectivity index (χ1v) is 9.55. The van der Waals surface area contributed by atoms with E-state index in [1.807, 2.05) is 19.1 Å². The highest BCUT2D eigenvalue weighted by atomic mass is 16.7. The Hall–Kier alpha value is -0.915. The summed E-state index contributed by atoms with van der Waals surface area (Å²) in [6.07, 6.45) is 0.619. The summed E-state index contributed by atoms with van der Waals surface area (Å²) in [5.74, 6) is 0. The molecule has 144 valence electrons. The number of morpholine rings is 1. The molecule has 6 heteroatoms. The van der Waals surface area contributed by atoms with Crippen molar-refractivity contribution in [1.82, 2.24) is 4.90 Å². The van der Waals surface area contributed by atoms with Gasteiger partial charge in [0.25, 0.3) is 0 Å². The maximum atomic E-state index is 10.8. The highest BCUT2D eigenvalue weighted by molar-refractivity contribution is 6.62. The zero-order chi connectivity index (χ0) is 19.0. The van der Waals surface area contributed by atoms with Crippen LogP contribution in [0, 0.1) is 0 Å². The lowest BCUT2D eigenvalue weighted by Crippen LogP contribution is -2.47. The number of β-amino-alcohol motifs (C(OH)–C–C–N with tert-alkyl or cyclic N) is 1. The molecule has 0 radical (unpaired) electrons. The Balaban J connectivity index is 1.61. The Morgan fingerprint density at radius 3 is 2.12 bits per heavy atom. The lowest BCUT2D eigenvalue weighted by molar-refractivity contribution is -0.0222. The fraction of sp³-hybridized carbons (Fsp3) is 0.700. The molecule has 1 aromatic carbocycles. The molecule has 0 saturated carbocycles. The molecule has 26 heavy (non-hydrogen) atoms. The van der Waals surface area contributed by atoms with Crippen molar-refractivity contribution in [2.75, 3.05) is 32.8 Å². The summed E-state index contributed by atoms with van der Waals surface area (Å²) >= 11 is 0. The summed E-state index contributed by atoms with van der Waals surface area (Å²) in [5.41, 5.74) is 0.697. The molecule has 0 aromatic heterocycles. The molecule has 2 aliphatic heterocycles. The van der Waals surface area contributed by atoms with Gasteiger partial charge < -0.3 is 19.2 Å². The van der Waals surface area contributed by atoms with Crippen molar-refractivity contribution in [1.29, 1.82) is 0 Å². The topological polar surface area (TPSA) is 51.2 Å². The fourth-order valence-corrected chi connectivity index (χ4v) is 3.51. The molecule has 2 heterocycles. The van der Waals surface area contributed by atoms with Gasteiger partial charge in [-0.25, -0.2) is 0 Å². The summed E-state index contributed by atoms with van der Waals surface area (Å²) in [7, 11) is -0.345. The third-order valence-corrected chi connectivity index (χ3v) is 5.76. The molecular formula is C20H32BNO4. The van der Waals surface area contributed by atoms with E-state index in [0.29, 0.717) is 13.0 Å². The fourth-order valence-electron chi connectivity index (χ4n) is 3.51. The van der Waals surface area contributed by atoms with E-state index in [4.69, 9.17) is 14.0 Å². The SMILES string of the molecule is CC(O)(Cc1ccc(B2OC(C)(C)C(C)(C)O2)cc1)CN1CCOCC1. The minimum atomic E-state index is -0.761. The zero-order valence-corrected chi connectivity index (χ0v) is 16.7. The molecule has 2 aliphatic rings. The molecule has 1 aromatic rings. The number of nitrogens with zero attached hydrogens (tertiary/aromatic N) is 1. The van der Waals surface area contributed by atoms with Gasteiger partial charge in [-0.15, -0.1) is 0 Å². The molecule has 1 unspecified atom stereocenters. The van der Waals surface area contributed by atoms with Crippen molar-refractivity contribution < 1.29 is 19.2 Å². The van der Waals surface area contributed by atoms with Crippen molar-refractivity contribution in [3.8, 4) is 0 Å². The van der Waals surface area contributed by atoms with Gasteiger partial charge in [-0.1, -0.05) is 24.3 Å². The second-order valence-corrected chi connectivity index (χ2v) is 8.89. The minimum Gasteiger partial charge on any atom is -0.399 e. The Bertz CT molecular complexity index is 593. The molecule has 1 atom stereocenters. The van der Waals surface area contributed by atoms with Crippen molar-refractivity contribution in [2.45, 2.75) is 57.8 Å². The Kier molecular flexibility index (Phi) is 5.53. The molecule has 5 nitrogen and oxygen atoms in total. The van der Waals surface area contributed by atoms with E-state index in [1.165, 1.54) is 0 Å². The van der Waals surface area contributed by atoms with Crippen LogP contribution in [-0.2, 0) is 20.5 Å². The summed E-state index contributed by atoms with van der Waals surface area (Å²) in [5, 5.41) is 10.8. The lowest BCUT2D eigenvalue weighted by Gasteiger charge is -2.34. The molecule has 0 bridgehead atoms. The summed E-state index contributed by atoms with van der Waals surface area (Å²) < 4.78 is 17.6. The van der Waals surface area contributed by atoms with Crippen molar-refractivity contribution in [3.05, 3.63) is 29.8 Å². The van der Waals surface area contributed by atoms with Gasteiger partial charge in [-0.2, -0.15) is 0 Å². The molecule has 0 amide bonds. The van der Waals surface area contributed by atoms with E-state index in [9.17, 15) is 5.11 Å². The van der Waals surface area contributed by atoms with Gasteiger partial charge in [0, 0.05) is 26.1 Å². The maximum Gasteiger partial charge on any atom is 0.494 e. The van der Waals surface area contributed by atoms with Crippen LogP contribution in [0.1, 0.15) is 40.2 Å². The Morgan fingerprint density at radius 2 is 1.58 bits per heavy atom. The predicted octanol–water partition coefficient (Wildman–Crippen LogP) is 1.61. The average Bonchev–Trinajstić information content (AvgIpc) is 2.76. The van der Waals surface area contributed by atoms with Crippen molar-refractivity contribution >= 4 is 12.6 Å². The van der Waals surface area contributed by atoms with E-state index in [-0.39, 0.29) is 18.3 Å². The van der Waals surface area contributed by atoms with E-state index >= 15 is 0 Å². The maximum absolute atomic E-state index is 10.8. The van der Waals surface area contributed by atoms with Gasteiger partial charge in [-0.3, -0.25) is 4.90 Å². The average molecular weight is 361 g/mol. The van der Waals surface area contributed by atoms with Gasteiger partial charge in [0.05, 0.1) is 30.0 Å². The van der Waals surface area contributed by atoms with Gasteiger partial charge >= 0.3 is 7.12 Å². The lowest BCUT2D eigenvalue weighted by atomic mass is 9.78. The Labute approximate surface area is 157 Å². The first-order chi connectivity index (χ1) is 12.1. The molecule has 1 N–H and O–H groups in total. The normalized spacial score (nSPS) is 25.2. The number of hydrogen-bond acceptors (Lipinski definition) is 5. The quantitative estimate of drug-likeness (QED) is 0.808. The number of rotatable bonds is 5. The van der Waals surface area contributed by atoms with Crippen molar-refractivity contribution in [2.24, 2.45) is 0 Å². The first-order valence-electron chi connectivity index (χ1n) is 9.55. The van der Waals surface area contributed by atoms with E-state index in [0.717, 1.165) is 37.3 Å². The van der Waals surface area contributed by atoms with Crippen LogP contribution in [0.25, 0.3) is 0 Å². The van der Waals surface area contributed by atoms with Crippen LogP contribution in [-0.4, -0.2) is 66.8 Å². The van der Waals surface area contributed by atoms with Gasteiger partial charge in [-0.05, 0) is 45.6 Å². The van der Waals surface area contributed by atoms with Gasteiger partial charge in [0.2, 0.25) is 0 Å². The number of benzene rings is 1. The van der Waals surface area contributed by atoms with Crippen LogP contribution < -0.4 is 5.46 Å². The first kappa shape index (κ1) is 19.8.